The van der Waals surface area contributed by atoms with Gasteiger partial charge in [-0.2, -0.15) is 4.39 Å². The number of nitrogens with two attached hydrogens (primary N) is 1. The summed E-state index contributed by atoms with van der Waals surface area (Å²) in [5, 5.41) is 3.25. The summed E-state index contributed by atoms with van der Waals surface area (Å²) in [7, 11) is 0. The molecule has 3 rings (SSSR count). The summed E-state index contributed by atoms with van der Waals surface area (Å²) >= 11 is 0. The van der Waals surface area contributed by atoms with Crippen LogP contribution in [0.15, 0.2) is 30.6 Å². The van der Waals surface area contributed by atoms with Crippen LogP contribution in [-0.4, -0.2) is 33.2 Å². The molecule has 0 saturated heterocycles. The fourth-order valence-electron chi connectivity index (χ4n) is 2.83. The molecular weight excluding hydrogens is 313 g/mol. The van der Waals surface area contributed by atoms with Gasteiger partial charge in [0.2, 0.25) is 11.9 Å². The first-order valence-electron chi connectivity index (χ1n) is 7.78. The predicted molar refractivity (Wildman–Crippen MR) is 85.6 cm³/mol. The number of carbonyl (C=O) groups excluding carboxylic acids is 1. The Morgan fingerprint density at radius 1 is 1.21 bits per heavy atom. The number of hydrogen-bond acceptors (Lipinski definition) is 6. The second kappa shape index (κ2) is 7.20. The summed E-state index contributed by atoms with van der Waals surface area (Å²) in [6.07, 6.45) is 5.21. The number of amides is 1. The molecule has 1 amide bonds. The Hall–Kier alpha value is -2.77. The number of nitrogens with zero attached hydrogens (tertiary/aromatic N) is 3. The number of primary amides is 1. The SMILES string of the molecule is NC(=O)OC1CCC(Nc2nccc(-c3cccnc3F)n2)CC1. The summed E-state index contributed by atoms with van der Waals surface area (Å²) in [4.78, 5) is 22.9. The third-order valence-electron chi connectivity index (χ3n) is 3.98. The predicted octanol–water partition coefficient (Wildman–Crippen LogP) is 2.50. The van der Waals surface area contributed by atoms with Gasteiger partial charge in [0.15, 0.2) is 0 Å². The minimum Gasteiger partial charge on any atom is -0.446 e. The molecule has 1 aliphatic carbocycles. The summed E-state index contributed by atoms with van der Waals surface area (Å²) in [6.45, 7) is 0. The molecule has 126 valence electrons. The van der Waals surface area contributed by atoms with E-state index in [0.717, 1.165) is 25.7 Å². The first-order valence-corrected chi connectivity index (χ1v) is 7.78. The van der Waals surface area contributed by atoms with Gasteiger partial charge in [-0.05, 0) is 43.9 Å². The van der Waals surface area contributed by atoms with Crippen molar-refractivity contribution in [3.05, 3.63) is 36.5 Å². The van der Waals surface area contributed by atoms with Crippen LogP contribution in [0.5, 0.6) is 0 Å². The molecule has 8 heteroatoms. The second-order valence-electron chi connectivity index (χ2n) is 5.66. The molecule has 1 aliphatic rings. The molecule has 0 spiro atoms. The highest BCUT2D eigenvalue weighted by Crippen LogP contribution is 2.24. The van der Waals surface area contributed by atoms with Gasteiger partial charge in [0.05, 0.1) is 11.3 Å². The van der Waals surface area contributed by atoms with Gasteiger partial charge in [-0.3, -0.25) is 0 Å². The van der Waals surface area contributed by atoms with Crippen LogP contribution < -0.4 is 11.1 Å². The lowest BCUT2D eigenvalue weighted by atomic mass is 9.93. The zero-order valence-electron chi connectivity index (χ0n) is 13.0. The molecule has 2 aromatic heterocycles. The number of carbonyl (C=O) groups is 1. The maximum absolute atomic E-state index is 13.8. The van der Waals surface area contributed by atoms with Gasteiger partial charge >= 0.3 is 6.09 Å². The van der Waals surface area contributed by atoms with E-state index in [-0.39, 0.29) is 12.1 Å². The number of rotatable bonds is 4. The molecule has 1 saturated carbocycles. The Morgan fingerprint density at radius 2 is 2.00 bits per heavy atom. The van der Waals surface area contributed by atoms with E-state index >= 15 is 0 Å². The van der Waals surface area contributed by atoms with E-state index in [4.69, 9.17) is 10.5 Å². The fraction of sp³-hybridized carbons (Fsp3) is 0.375. The highest BCUT2D eigenvalue weighted by molar-refractivity contribution is 5.64. The third-order valence-corrected chi connectivity index (χ3v) is 3.98. The Kier molecular flexibility index (Phi) is 4.83. The van der Waals surface area contributed by atoms with Crippen LogP contribution in [0.2, 0.25) is 0 Å². The number of ether oxygens (including phenoxy) is 1. The lowest BCUT2D eigenvalue weighted by Crippen LogP contribution is -2.32. The largest absolute Gasteiger partial charge is 0.446 e. The summed E-state index contributed by atoms with van der Waals surface area (Å²) in [5.74, 6) is -0.124. The van der Waals surface area contributed by atoms with Crippen molar-refractivity contribution >= 4 is 12.0 Å². The second-order valence-corrected chi connectivity index (χ2v) is 5.66. The molecule has 0 radical (unpaired) electrons. The van der Waals surface area contributed by atoms with E-state index < -0.39 is 12.0 Å². The summed E-state index contributed by atoms with van der Waals surface area (Å²) in [5.41, 5.74) is 5.84. The highest BCUT2D eigenvalue weighted by Gasteiger charge is 2.23. The first-order chi connectivity index (χ1) is 11.6. The van der Waals surface area contributed by atoms with Crippen molar-refractivity contribution < 1.29 is 13.9 Å². The molecule has 2 heterocycles. The lowest BCUT2D eigenvalue weighted by Gasteiger charge is -2.28. The maximum Gasteiger partial charge on any atom is 0.404 e. The number of halogens is 1. The van der Waals surface area contributed by atoms with E-state index in [2.05, 4.69) is 20.3 Å². The maximum atomic E-state index is 13.8. The molecule has 1 fully saturated rings. The smallest absolute Gasteiger partial charge is 0.404 e. The van der Waals surface area contributed by atoms with Crippen molar-refractivity contribution in [3.8, 4) is 11.3 Å². The number of aromatic nitrogens is 3. The van der Waals surface area contributed by atoms with E-state index in [1.807, 2.05) is 0 Å². The van der Waals surface area contributed by atoms with Crippen LogP contribution in [0.4, 0.5) is 15.1 Å². The lowest BCUT2D eigenvalue weighted by molar-refractivity contribution is 0.0805. The van der Waals surface area contributed by atoms with E-state index in [9.17, 15) is 9.18 Å². The zero-order chi connectivity index (χ0) is 16.9. The highest BCUT2D eigenvalue weighted by atomic mass is 19.1. The number of hydrogen-bond donors (Lipinski definition) is 2. The van der Waals surface area contributed by atoms with Crippen molar-refractivity contribution in [2.45, 2.75) is 37.8 Å². The molecule has 7 nitrogen and oxygen atoms in total. The van der Waals surface area contributed by atoms with E-state index in [1.165, 1.54) is 6.20 Å². The Morgan fingerprint density at radius 3 is 2.71 bits per heavy atom. The van der Waals surface area contributed by atoms with Gasteiger partial charge in [0.1, 0.15) is 6.10 Å². The van der Waals surface area contributed by atoms with Crippen LogP contribution in [-0.2, 0) is 4.74 Å². The first kappa shape index (κ1) is 16.1. The van der Waals surface area contributed by atoms with E-state index in [0.29, 0.717) is 17.2 Å². The van der Waals surface area contributed by atoms with Crippen LogP contribution in [0, 0.1) is 5.95 Å². The topological polar surface area (TPSA) is 103 Å². The minimum absolute atomic E-state index is 0.128. The number of pyridine rings is 1. The Balaban J connectivity index is 1.64. The van der Waals surface area contributed by atoms with Gasteiger partial charge in [0.25, 0.3) is 0 Å². The Bertz CT molecular complexity index is 719. The van der Waals surface area contributed by atoms with Crippen molar-refractivity contribution in [3.63, 3.8) is 0 Å². The van der Waals surface area contributed by atoms with Crippen LogP contribution in [0.3, 0.4) is 0 Å². The fourth-order valence-corrected chi connectivity index (χ4v) is 2.83. The van der Waals surface area contributed by atoms with Crippen LogP contribution in [0.25, 0.3) is 11.3 Å². The van der Waals surface area contributed by atoms with Crippen molar-refractivity contribution in [2.75, 3.05) is 5.32 Å². The molecule has 0 atom stereocenters. The monoisotopic (exact) mass is 331 g/mol. The minimum atomic E-state index is -0.735. The van der Waals surface area contributed by atoms with E-state index in [1.54, 1.807) is 24.4 Å². The van der Waals surface area contributed by atoms with Gasteiger partial charge in [-0.1, -0.05) is 0 Å². The van der Waals surface area contributed by atoms with Crippen LogP contribution >= 0.6 is 0 Å². The molecule has 2 aromatic rings. The normalized spacial score (nSPS) is 20.4. The summed E-state index contributed by atoms with van der Waals surface area (Å²) < 4.78 is 18.8. The van der Waals surface area contributed by atoms with Crippen LogP contribution in [0.1, 0.15) is 25.7 Å². The Labute approximate surface area is 138 Å². The van der Waals surface area contributed by atoms with Gasteiger partial charge in [-0.15, -0.1) is 0 Å². The third kappa shape index (κ3) is 3.95. The molecule has 0 unspecified atom stereocenters. The molecule has 0 aromatic carbocycles. The van der Waals surface area contributed by atoms with Crippen molar-refractivity contribution in [1.82, 2.24) is 15.0 Å². The number of nitrogens with one attached hydrogen (secondary N) is 1. The molecule has 24 heavy (non-hydrogen) atoms. The van der Waals surface area contributed by atoms with Crippen molar-refractivity contribution in [1.29, 1.82) is 0 Å². The molecular formula is C16H18FN5O2. The average molecular weight is 331 g/mol. The molecule has 0 aliphatic heterocycles. The molecule has 0 bridgehead atoms. The van der Waals surface area contributed by atoms with Gasteiger partial charge in [0, 0.05) is 18.4 Å². The van der Waals surface area contributed by atoms with Crippen molar-refractivity contribution in [2.24, 2.45) is 5.73 Å². The quantitative estimate of drug-likeness (QED) is 0.834. The molecule has 3 N–H and O–H groups in total. The number of anilines is 1. The average Bonchev–Trinajstić information content (AvgIpc) is 2.57. The summed E-state index contributed by atoms with van der Waals surface area (Å²) in [6, 6.07) is 5.10. The standard InChI is InChI=1S/C16H18FN5O2/c17-14-12(2-1-8-19-14)13-7-9-20-16(22-13)21-10-3-5-11(6-4-10)24-15(18)23/h1-2,7-11H,3-6H2,(H2,18,23)(H,20,21,22). The van der Waals surface area contributed by atoms with Gasteiger partial charge < -0.3 is 15.8 Å². The zero-order valence-corrected chi connectivity index (χ0v) is 13.0. The van der Waals surface area contributed by atoms with Gasteiger partial charge in [-0.25, -0.2) is 19.7 Å².